The van der Waals surface area contributed by atoms with E-state index in [1.54, 1.807) is 7.05 Å². The van der Waals surface area contributed by atoms with Crippen molar-refractivity contribution in [1.29, 1.82) is 0 Å². The minimum atomic E-state index is -0.454. The number of guanidine groups is 1. The van der Waals surface area contributed by atoms with Crippen LogP contribution in [0.2, 0.25) is 0 Å². The molecule has 2 rings (SSSR count). The van der Waals surface area contributed by atoms with E-state index in [1.165, 1.54) is 56.3 Å². The van der Waals surface area contributed by atoms with Crippen LogP contribution in [0.3, 0.4) is 0 Å². The maximum atomic E-state index is 12.5. The summed E-state index contributed by atoms with van der Waals surface area (Å²) >= 11 is 0. The number of nitrogens with zero attached hydrogens (tertiary/aromatic N) is 3. The first kappa shape index (κ1) is 23.4. The molecule has 3 amide bonds. The Morgan fingerprint density at radius 1 is 0.966 bits per heavy atom. The van der Waals surface area contributed by atoms with Crippen LogP contribution >= 0.6 is 0 Å². The molecule has 0 aromatic rings. The van der Waals surface area contributed by atoms with Gasteiger partial charge in [0.2, 0.25) is 0 Å². The fourth-order valence-corrected chi connectivity index (χ4v) is 3.99. The Morgan fingerprint density at radius 2 is 1.59 bits per heavy atom. The molecular formula is C21H39N5O3. The fourth-order valence-electron chi connectivity index (χ4n) is 3.99. The molecule has 2 fully saturated rings. The SMILES string of the molecule is CCCCCCCCCCCCN1C(=NCCCO)NC2C1C(=O)NC(=O)N2C. The molecule has 2 unspecified atom stereocenters. The Morgan fingerprint density at radius 3 is 2.21 bits per heavy atom. The van der Waals surface area contributed by atoms with Crippen LogP contribution in [0.25, 0.3) is 0 Å². The molecule has 0 aromatic carbocycles. The number of hydrogen-bond donors (Lipinski definition) is 3. The number of aliphatic hydroxyl groups excluding tert-OH is 1. The van der Waals surface area contributed by atoms with E-state index in [-0.39, 0.29) is 18.5 Å². The number of carbonyl (C=O) groups is 2. The smallest absolute Gasteiger partial charge is 0.325 e. The summed E-state index contributed by atoms with van der Waals surface area (Å²) in [5.41, 5.74) is 0. The number of nitrogens with one attached hydrogen (secondary N) is 2. The molecule has 2 aliphatic rings. The van der Waals surface area contributed by atoms with Gasteiger partial charge in [0.25, 0.3) is 5.91 Å². The summed E-state index contributed by atoms with van der Waals surface area (Å²) in [6, 6.07) is -0.844. The van der Waals surface area contributed by atoms with Gasteiger partial charge in [0.15, 0.2) is 12.0 Å². The van der Waals surface area contributed by atoms with Gasteiger partial charge in [-0.3, -0.25) is 15.1 Å². The third kappa shape index (κ3) is 6.87. The van der Waals surface area contributed by atoms with Crippen LogP contribution in [-0.2, 0) is 4.79 Å². The number of unbranched alkanes of at least 4 members (excludes halogenated alkanes) is 9. The average Bonchev–Trinajstić information content (AvgIpc) is 3.07. The molecule has 0 aromatic heterocycles. The second kappa shape index (κ2) is 12.7. The van der Waals surface area contributed by atoms with E-state index >= 15 is 0 Å². The number of aliphatic imine (C=N–C) groups is 1. The highest BCUT2D eigenvalue weighted by molar-refractivity contribution is 6.04. The molecule has 0 bridgehead atoms. The van der Waals surface area contributed by atoms with Crippen molar-refractivity contribution in [3.63, 3.8) is 0 Å². The zero-order chi connectivity index (χ0) is 21.1. The Labute approximate surface area is 175 Å². The maximum absolute atomic E-state index is 12.5. The second-order valence-electron chi connectivity index (χ2n) is 8.10. The first-order valence-corrected chi connectivity index (χ1v) is 11.4. The van der Waals surface area contributed by atoms with Crippen LogP contribution in [0.5, 0.6) is 0 Å². The van der Waals surface area contributed by atoms with Gasteiger partial charge >= 0.3 is 6.03 Å². The summed E-state index contributed by atoms with van der Waals surface area (Å²) in [6.45, 7) is 3.55. The van der Waals surface area contributed by atoms with Crippen molar-refractivity contribution in [3.05, 3.63) is 0 Å². The molecule has 0 radical (unpaired) electrons. The predicted molar refractivity (Wildman–Crippen MR) is 115 cm³/mol. The first-order chi connectivity index (χ1) is 14.1. The number of aliphatic hydroxyl groups is 1. The highest BCUT2D eigenvalue weighted by atomic mass is 16.3. The number of urea groups is 1. The lowest BCUT2D eigenvalue weighted by atomic mass is 10.1. The van der Waals surface area contributed by atoms with Crippen molar-refractivity contribution in [2.24, 2.45) is 4.99 Å². The van der Waals surface area contributed by atoms with Gasteiger partial charge < -0.3 is 20.2 Å². The highest BCUT2D eigenvalue weighted by Gasteiger charge is 2.49. The van der Waals surface area contributed by atoms with Crippen LogP contribution in [0, 0.1) is 0 Å². The van der Waals surface area contributed by atoms with Crippen LogP contribution in [0.4, 0.5) is 4.79 Å². The number of rotatable bonds is 14. The Hall–Kier alpha value is -1.83. The summed E-state index contributed by atoms with van der Waals surface area (Å²) < 4.78 is 0. The number of carbonyl (C=O) groups excluding carboxylic acids is 2. The Kier molecular flexibility index (Phi) is 10.2. The number of amides is 3. The van der Waals surface area contributed by atoms with E-state index in [4.69, 9.17) is 5.11 Å². The molecule has 0 aliphatic carbocycles. The largest absolute Gasteiger partial charge is 0.396 e. The third-order valence-electron chi connectivity index (χ3n) is 5.75. The molecule has 29 heavy (non-hydrogen) atoms. The topological polar surface area (TPSA) is 97.3 Å². The van der Waals surface area contributed by atoms with Crippen molar-refractivity contribution < 1.29 is 14.7 Å². The van der Waals surface area contributed by atoms with Gasteiger partial charge in [0, 0.05) is 26.7 Å². The molecule has 2 saturated heterocycles. The Balaban J connectivity index is 1.79. The van der Waals surface area contributed by atoms with Crippen LogP contribution in [0.1, 0.15) is 77.6 Å². The van der Waals surface area contributed by atoms with Gasteiger partial charge in [-0.05, 0) is 12.8 Å². The zero-order valence-electron chi connectivity index (χ0n) is 18.2. The molecule has 2 atom stereocenters. The molecule has 8 nitrogen and oxygen atoms in total. The van der Waals surface area contributed by atoms with E-state index in [2.05, 4.69) is 22.5 Å². The molecule has 2 heterocycles. The Bertz CT molecular complexity index is 554. The lowest BCUT2D eigenvalue weighted by Crippen LogP contribution is -2.64. The van der Waals surface area contributed by atoms with Crippen LogP contribution < -0.4 is 10.6 Å². The normalized spacial score (nSPS) is 22.8. The average molecular weight is 410 g/mol. The van der Waals surface area contributed by atoms with Crippen molar-refractivity contribution in [2.45, 2.75) is 89.8 Å². The van der Waals surface area contributed by atoms with E-state index in [1.807, 2.05) is 4.90 Å². The second-order valence-corrected chi connectivity index (χ2v) is 8.10. The van der Waals surface area contributed by atoms with Gasteiger partial charge in [0.05, 0.1) is 0 Å². The molecule has 2 aliphatic heterocycles. The van der Waals surface area contributed by atoms with Gasteiger partial charge in [-0.25, -0.2) is 4.79 Å². The summed E-state index contributed by atoms with van der Waals surface area (Å²) in [5.74, 6) is 0.381. The van der Waals surface area contributed by atoms with Gasteiger partial charge in [-0.2, -0.15) is 0 Å². The zero-order valence-corrected chi connectivity index (χ0v) is 18.2. The minimum Gasteiger partial charge on any atom is -0.396 e. The summed E-state index contributed by atoms with van der Waals surface area (Å²) in [6.07, 6.45) is 12.8. The van der Waals surface area contributed by atoms with Gasteiger partial charge in [-0.15, -0.1) is 0 Å². The van der Waals surface area contributed by atoms with E-state index < -0.39 is 12.2 Å². The highest BCUT2D eigenvalue weighted by Crippen LogP contribution is 2.21. The van der Waals surface area contributed by atoms with E-state index in [0.29, 0.717) is 18.9 Å². The number of likely N-dealkylation sites (N-methyl/N-ethyl adjacent to an activating group) is 1. The van der Waals surface area contributed by atoms with Gasteiger partial charge in [0.1, 0.15) is 6.17 Å². The van der Waals surface area contributed by atoms with Crippen molar-refractivity contribution >= 4 is 17.9 Å². The lowest BCUT2D eigenvalue weighted by molar-refractivity contribution is -0.127. The van der Waals surface area contributed by atoms with Crippen molar-refractivity contribution in [1.82, 2.24) is 20.4 Å². The van der Waals surface area contributed by atoms with Crippen molar-refractivity contribution in [2.75, 3.05) is 26.7 Å². The monoisotopic (exact) mass is 409 g/mol. The first-order valence-electron chi connectivity index (χ1n) is 11.4. The lowest BCUT2D eigenvalue weighted by Gasteiger charge is -2.35. The van der Waals surface area contributed by atoms with Gasteiger partial charge in [-0.1, -0.05) is 64.7 Å². The van der Waals surface area contributed by atoms with Crippen LogP contribution in [-0.4, -0.2) is 71.8 Å². The maximum Gasteiger partial charge on any atom is 0.325 e. The molecule has 8 heteroatoms. The summed E-state index contributed by atoms with van der Waals surface area (Å²) in [7, 11) is 1.68. The van der Waals surface area contributed by atoms with E-state index in [0.717, 1.165) is 19.4 Å². The fraction of sp³-hybridized carbons (Fsp3) is 0.857. The predicted octanol–water partition coefficient (Wildman–Crippen LogP) is 2.43. The van der Waals surface area contributed by atoms with Crippen molar-refractivity contribution in [3.8, 4) is 0 Å². The number of fused-ring (bicyclic) bond motifs is 1. The minimum absolute atomic E-state index is 0.0843. The molecular weight excluding hydrogens is 370 g/mol. The standard InChI is InChI=1S/C21H39N5O3/c1-3-4-5-6-7-8-9-10-11-12-15-26-17-18(23-20(26)22-14-13-16-27)25(2)21(29)24-19(17)28/h17-18,27H,3-16H2,1-2H3,(H,22,23)(H,24,28,29). The van der Waals surface area contributed by atoms with E-state index in [9.17, 15) is 9.59 Å². The molecule has 166 valence electrons. The summed E-state index contributed by atoms with van der Waals surface area (Å²) in [5, 5.41) is 14.7. The molecule has 3 N–H and O–H groups in total. The summed E-state index contributed by atoms with van der Waals surface area (Å²) in [4.78, 5) is 32.4. The quantitative estimate of drug-likeness (QED) is 0.383. The third-order valence-corrected chi connectivity index (χ3v) is 5.75. The molecule has 0 spiro atoms. The number of hydrogen-bond acceptors (Lipinski definition) is 4. The number of imide groups is 1. The van der Waals surface area contributed by atoms with Crippen LogP contribution in [0.15, 0.2) is 4.99 Å². The molecule has 0 saturated carbocycles.